The quantitative estimate of drug-likeness (QED) is 0.616. The van der Waals surface area contributed by atoms with E-state index in [4.69, 9.17) is 9.47 Å². The lowest BCUT2D eigenvalue weighted by Gasteiger charge is -2.12. The van der Waals surface area contributed by atoms with Gasteiger partial charge in [0.05, 0.1) is 13.7 Å². The number of carbonyl (C=O) groups excluding carboxylic acids is 1. The summed E-state index contributed by atoms with van der Waals surface area (Å²) in [6.07, 6.45) is 7.19. The molecule has 0 heterocycles. The molecule has 3 heteroatoms. The van der Waals surface area contributed by atoms with Crippen LogP contribution in [0.2, 0.25) is 0 Å². The average Bonchev–Trinajstić information content (AvgIpc) is 2.79. The first-order valence-corrected chi connectivity index (χ1v) is 8.53. The van der Waals surface area contributed by atoms with Crippen molar-refractivity contribution in [3.8, 4) is 5.75 Å². The lowest BCUT2D eigenvalue weighted by atomic mass is 9.93. The summed E-state index contributed by atoms with van der Waals surface area (Å²) in [5.41, 5.74) is 6.05. The molecule has 0 saturated heterocycles. The summed E-state index contributed by atoms with van der Waals surface area (Å²) in [5, 5.41) is 0. The van der Waals surface area contributed by atoms with E-state index in [0.29, 0.717) is 6.61 Å². The number of rotatable bonds is 4. The van der Waals surface area contributed by atoms with E-state index in [0.717, 1.165) is 29.7 Å². The van der Waals surface area contributed by atoms with Gasteiger partial charge < -0.3 is 9.47 Å². The number of hydrogen-bond acceptors (Lipinski definition) is 3. The number of hydrogen-bond donors (Lipinski definition) is 0. The minimum Gasteiger partial charge on any atom is -0.497 e. The van der Waals surface area contributed by atoms with E-state index >= 15 is 0 Å². The van der Waals surface area contributed by atoms with Gasteiger partial charge in [-0.15, -0.1) is 0 Å². The first kappa shape index (κ1) is 17.0. The summed E-state index contributed by atoms with van der Waals surface area (Å²) in [4.78, 5) is 11.6. The van der Waals surface area contributed by atoms with Crippen molar-refractivity contribution in [1.29, 1.82) is 0 Å². The van der Waals surface area contributed by atoms with Crippen LogP contribution in [-0.4, -0.2) is 19.7 Å². The fourth-order valence-corrected chi connectivity index (χ4v) is 3.16. The van der Waals surface area contributed by atoms with Crippen molar-refractivity contribution in [2.75, 3.05) is 13.7 Å². The Labute approximate surface area is 148 Å². The van der Waals surface area contributed by atoms with E-state index in [1.165, 1.54) is 22.8 Å². The van der Waals surface area contributed by atoms with Crippen LogP contribution in [0.5, 0.6) is 5.75 Å². The molecule has 0 atom stereocenters. The molecule has 3 nitrogen and oxygen atoms in total. The van der Waals surface area contributed by atoms with Gasteiger partial charge >= 0.3 is 5.97 Å². The van der Waals surface area contributed by atoms with E-state index in [1.54, 1.807) is 20.1 Å². The number of methoxy groups -OCH3 is 1. The molecule has 3 rings (SSSR count). The maximum absolute atomic E-state index is 11.6. The Bertz CT molecular complexity index is 831. The van der Waals surface area contributed by atoms with Gasteiger partial charge in [-0.1, -0.05) is 42.5 Å². The summed E-state index contributed by atoms with van der Waals surface area (Å²) in [6, 6.07) is 14.6. The molecule has 1 aliphatic carbocycles. The standard InChI is InChI=1S/C22H22O3/c1-3-25-22(23)10-6-9-20-19-8-5-4-7-16(19)11-12-17-13-14-18(24-2)15-21(17)20/h4-10,13-15H,3,11-12H2,1-2H3/b10-6-,20-9+. The summed E-state index contributed by atoms with van der Waals surface area (Å²) >= 11 is 0. The van der Waals surface area contributed by atoms with Gasteiger partial charge in [0, 0.05) is 6.08 Å². The van der Waals surface area contributed by atoms with Gasteiger partial charge in [-0.2, -0.15) is 0 Å². The van der Waals surface area contributed by atoms with Crippen LogP contribution < -0.4 is 4.74 Å². The van der Waals surface area contributed by atoms with Crippen molar-refractivity contribution in [3.63, 3.8) is 0 Å². The zero-order valence-electron chi connectivity index (χ0n) is 14.6. The zero-order valence-corrected chi connectivity index (χ0v) is 14.6. The largest absolute Gasteiger partial charge is 0.497 e. The number of fused-ring (bicyclic) bond motifs is 2. The predicted molar refractivity (Wildman–Crippen MR) is 99.7 cm³/mol. The summed E-state index contributed by atoms with van der Waals surface area (Å²) in [6.45, 7) is 2.18. The first-order valence-electron chi connectivity index (χ1n) is 8.53. The van der Waals surface area contributed by atoms with Crippen LogP contribution >= 0.6 is 0 Å². The van der Waals surface area contributed by atoms with Crippen molar-refractivity contribution in [1.82, 2.24) is 0 Å². The molecule has 0 saturated carbocycles. The van der Waals surface area contributed by atoms with E-state index in [2.05, 4.69) is 30.3 Å². The van der Waals surface area contributed by atoms with E-state index in [-0.39, 0.29) is 5.97 Å². The Morgan fingerprint density at radius 2 is 1.84 bits per heavy atom. The summed E-state index contributed by atoms with van der Waals surface area (Å²) < 4.78 is 10.4. The highest BCUT2D eigenvalue weighted by Crippen LogP contribution is 2.35. The van der Waals surface area contributed by atoms with Crippen LogP contribution in [0.1, 0.15) is 29.2 Å². The number of allylic oxidation sites excluding steroid dienone is 2. The van der Waals surface area contributed by atoms with Gasteiger partial charge in [0.25, 0.3) is 0 Å². The zero-order chi connectivity index (χ0) is 17.6. The van der Waals surface area contributed by atoms with Crippen LogP contribution in [0.15, 0.2) is 60.7 Å². The van der Waals surface area contributed by atoms with Crippen LogP contribution in [0.3, 0.4) is 0 Å². The summed E-state index contributed by atoms with van der Waals surface area (Å²) in [5.74, 6) is 0.505. The SMILES string of the molecule is CCOC(=O)/C=C\C=C1/c2ccccc2CCc2ccc(OC)cc21. The smallest absolute Gasteiger partial charge is 0.330 e. The molecule has 0 amide bonds. The number of ether oxygens (including phenoxy) is 2. The average molecular weight is 334 g/mol. The second-order valence-corrected chi connectivity index (χ2v) is 5.87. The fraction of sp³-hybridized carbons (Fsp3) is 0.227. The molecule has 0 bridgehead atoms. The van der Waals surface area contributed by atoms with Crippen molar-refractivity contribution in [3.05, 3.63) is 82.9 Å². The third-order valence-corrected chi connectivity index (χ3v) is 4.36. The molecule has 1 aliphatic rings. The number of aryl methyl sites for hydroxylation is 2. The third-order valence-electron chi connectivity index (χ3n) is 4.36. The van der Waals surface area contributed by atoms with Crippen LogP contribution in [0.4, 0.5) is 0 Å². The maximum Gasteiger partial charge on any atom is 0.330 e. The Balaban J connectivity index is 2.09. The van der Waals surface area contributed by atoms with Crippen LogP contribution in [0, 0.1) is 0 Å². The van der Waals surface area contributed by atoms with E-state index in [9.17, 15) is 4.79 Å². The fourth-order valence-electron chi connectivity index (χ4n) is 3.16. The molecule has 0 aromatic heterocycles. The monoisotopic (exact) mass is 334 g/mol. The first-order chi connectivity index (χ1) is 12.2. The molecular formula is C22H22O3. The Morgan fingerprint density at radius 1 is 1.08 bits per heavy atom. The minimum atomic E-state index is -0.327. The van der Waals surface area contributed by atoms with Gasteiger partial charge in [0.15, 0.2) is 0 Å². The number of esters is 1. The molecule has 0 spiro atoms. The molecule has 25 heavy (non-hydrogen) atoms. The lowest BCUT2D eigenvalue weighted by Crippen LogP contribution is -1.98. The Hall–Kier alpha value is -2.81. The highest BCUT2D eigenvalue weighted by atomic mass is 16.5. The molecule has 0 radical (unpaired) electrons. The van der Waals surface area contributed by atoms with E-state index < -0.39 is 0 Å². The molecule has 0 fully saturated rings. The van der Waals surface area contributed by atoms with Crippen LogP contribution in [-0.2, 0) is 22.4 Å². The van der Waals surface area contributed by atoms with Gasteiger partial charge in [-0.05, 0) is 59.7 Å². The Morgan fingerprint density at radius 3 is 2.60 bits per heavy atom. The molecular weight excluding hydrogens is 312 g/mol. The number of carbonyl (C=O) groups is 1. The minimum absolute atomic E-state index is 0.327. The molecule has 2 aromatic rings. The predicted octanol–water partition coefficient (Wildman–Crippen LogP) is 4.34. The molecule has 2 aromatic carbocycles. The maximum atomic E-state index is 11.6. The van der Waals surface area contributed by atoms with Gasteiger partial charge in [0.1, 0.15) is 5.75 Å². The highest BCUT2D eigenvalue weighted by molar-refractivity contribution is 5.87. The van der Waals surface area contributed by atoms with Crippen molar-refractivity contribution in [2.24, 2.45) is 0 Å². The molecule has 128 valence electrons. The van der Waals surface area contributed by atoms with Crippen molar-refractivity contribution < 1.29 is 14.3 Å². The number of benzene rings is 2. The molecule has 0 N–H and O–H groups in total. The highest BCUT2D eigenvalue weighted by Gasteiger charge is 2.18. The van der Waals surface area contributed by atoms with Crippen molar-refractivity contribution >= 4 is 11.5 Å². The normalized spacial score (nSPS) is 14.7. The van der Waals surface area contributed by atoms with Gasteiger partial charge in [-0.25, -0.2) is 4.79 Å². The van der Waals surface area contributed by atoms with Gasteiger partial charge in [0.2, 0.25) is 0 Å². The third kappa shape index (κ3) is 3.82. The van der Waals surface area contributed by atoms with E-state index in [1.807, 2.05) is 18.2 Å². The topological polar surface area (TPSA) is 35.5 Å². The summed E-state index contributed by atoms with van der Waals surface area (Å²) in [7, 11) is 1.68. The Kier molecular flexibility index (Phi) is 5.34. The second kappa shape index (κ2) is 7.84. The van der Waals surface area contributed by atoms with Gasteiger partial charge in [-0.3, -0.25) is 0 Å². The van der Waals surface area contributed by atoms with Crippen molar-refractivity contribution in [2.45, 2.75) is 19.8 Å². The van der Waals surface area contributed by atoms with Crippen LogP contribution in [0.25, 0.3) is 5.57 Å². The molecule has 0 unspecified atom stereocenters. The molecule has 0 aliphatic heterocycles. The second-order valence-electron chi connectivity index (χ2n) is 5.87. The lowest BCUT2D eigenvalue weighted by molar-refractivity contribution is -0.137.